The number of nitrogens with one attached hydrogen (secondary N) is 2. The van der Waals surface area contributed by atoms with Crippen LogP contribution in [0.4, 0.5) is 10.8 Å². The molecule has 0 spiro atoms. The fraction of sp³-hybridized carbons (Fsp3) is 0.0417. The Hall–Kier alpha value is -3.77. The van der Waals surface area contributed by atoms with Crippen molar-refractivity contribution < 1.29 is 4.79 Å². The van der Waals surface area contributed by atoms with Gasteiger partial charge in [-0.15, -0.1) is 0 Å². The van der Waals surface area contributed by atoms with Gasteiger partial charge in [-0.05, 0) is 11.6 Å². The van der Waals surface area contributed by atoms with Gasteiger partial charge in [0.1, 0.15) is 0 Å². The molecule has 0 bridgehead atoms. The lowest BCUT2D eigenvalue weighted by atomic mass is 10.0. The number of para-hydroxylation sites is 1. The van der Waals surface area contributed by atoms with Gasteiger partial charge in [0.25, 0.3) is 5.91 Å². The summed E-state index contributed by atoms with van der Waals surface area (Å²) in [6.45, 7) is 0. The van der Waals surface area contributed by atoms with Crippen LogP contribution in [0.25, 0.3) is 10.4 Å². The van der Waals surface area contributed by atoms with Crippen molar-refractivity contribution in [3.63, 3.8) is 0 Å². The van der Waals surface area contributed by atoms with E-state index in [4.69, 9.17) is 4.99 Å². The Balaban J connectivity index is 1.51. The third-order valence-electron chi connectivity index (χ3n) is 4.82. The zero-order chi connectivity index (χ0) is 20.3. The Morgan fingerprint density at radius 3 is 2.27 bits per heavy atom. The second kappa shape index (κ2) is 7.93. The van der Waals surface area contributed by atoms with Gasteiger partial charge < -0.3 is 10.6 Å². The Labute approximate surface area is 178 Å². The number of amides is 1. The highest BCUT2D eigenvalue weighted by atomic mass is 32.1. The molecule has 0 fully saturated rings. The first-order valence-corrected chi connectivity index (χ1v) is 10.4. The summed E-state index contributed by atoms with van der Waals surface area (Å²) in [4.78, 5) is 23.2. The highest BCUT2D eigenvalue weighted by Crippen LogP contribution is 2.30. The van der Waals surface area contributed by atoms with E-state index in [0.29, 0.717) is 5.13 Å². The van der Waals surface area contributed by atoms with Gasteiger partial charge in [-0.1, -0.05) is 90.2 Å². The van der Waals surface area contributed by atoms with Gasteiger partial charge in [0.15, 0.2) is 5.13 Å². The number of benzodiazepines with no additional fused rings is 1. The first kappa shape index (κ1) is 18.3. The van der Waals surface area contributed by atoms with E-state index >= 15 is 0 Å². The highest BCUT2D eigenvalue weighted by molar-refractivity contribution is 7.18. The molecule has 1 unspecified atom stereocenters. The van der Waals surface area contributed by atoms with Crippen molar-refractivity contribution >= 4 is 33.8 Å². The summed E-state index contributed by atoms with van der Waals surface area (Å²) in [5.74, 6) is -0.218. The molecule has 0 saturated heterocycles. The maximum absolute atomic E-state index is 12.9. The molecular formula is C24H18N4OS. The predicted molar refractivity (Wildman–Crippen MR) is 122 cm³/mol. The second-order valence-electron chi connectivity index (χ2n) is 6.82. The van der Waals surface area contributed by atoms with E-state index in [2.05, 4.69) is 15.6 Å². The fourth-order valence-corrected chi connectivity index (χ4v) is 4.22. The molecule has 0 radical (unpaired) electrons. The molecule has 1 aromatic heterocycles. The van der Waals surface area contributed by atoms with Crippen molar-refractivity contribution in [1.82, 2.24) is 4.98 Å². The number of carbonyl (C=O) groups excluding carboxylic acids is 1. The van der Waals surface area contributed by atoms with E-state index in [1.807, 2.05) is 91.1 Å². The van der Waals surface area contributed by atoms with E-state index in [9.17, 15) is 4.79 Å². The number of benzene rings is 3. The molecular weight excluding hydrogens is 392 g/mol. The molecule has 0 aliphatic carbocycles. The topological polar surface area (TPSA) is 66.4 Å². The largest absolute Gasteiger partial charge is 0.332 e. The van der Waals surface area contributed by atoms with Gasteiger partial charge in [0, 0.05) is 17.3 Å². The minimum absolute atomic E-state index is 0.218. The number of rotatable bonds is 4. The SMILES string of the molecule is O=C1Nc2ccccc2C(c2ccccc2)=NC1Nc1ncc(-c2ccccc2)s1. The Bertz CT molecular complexity index is 1220. The number of aliphatic imine (C=N–C) groups is 1. The maximum Gasteiger partial charge on any atom is 0.269 e. The van der Waals surface area contributed by atoms with Crippen molar-refractivity contribution in [2.45, 2.75) is 6.17 Å². The zero-order valence-corrected chi connectivity index (χ0v) is 16.8. The van der Waals surface area contributed by atoms with E-state index in [1.54, 1.807) is 0 Å². The van der Waals surface area contributed by atoms with Crippen LogP contribution in [0.15, 0.2) is 96.1 Å². The Kier molecular flexibility index (Phi) is 4.83. The van der Waals surface area contributed by atoms with Gasteiger partial charge >= 0.3 is 0 Å². The molecule has 5 rings (SSSR count). The number of hydrogen-bond acceptors (Lipinski definition) is 5. The number of carbonyl (C=O) groups is 1. The quantitative estimate of drug-likeness (QED) is 0.495. The maximum atomic E-state index is 12.9. The monoisotopic (exact) mass is 410 g/mol. The van der Waals surface area contributed by atoms with Crippen LogP contribution in [0.5, 0.6) is 0 Å². The Morgan fingerprint density at radius 1 is 0.833 bits per heavy atom. The van der Waals surface area contributed by atoms with Crippen LogP contribution in [0.3, 0.4) is 0 Å². The molecule has 2 N–H and O–H groups in total. The number of hydrogen-bond donors (Lipinski definition) is 2. The lowest BCUT2D eigenvalue weighted by molar-refractivity contribution is -0.116. The van der Waals surface area contributed by atoms with Gasteiger partial charge in [-0.2, -0.15) is 0 Å². The molecule has 2 heterocycles. The second-order valence-corrected chi connectivity index (χ2v) is 7.85. The molecule has 3 aromatic carbocycles. The molecule has 6 heteroatoms. The minimum atomic E-state index is -0.789. The van der Waals surface area contributed by atoms with Gasteiger partial charge in [-0.3, -0.25) is 4.79 Å². The molecule has 1 aliphatic heterocycles. The third-order valence-corrected chi connectivity index (χ3v) is 5.80. The Morgan fingerprint density at radius 2 is 1.50 bits per heavy atom. The van der Waals surface area contributed by atoms with Gasteiger partial charge in [0.05, 0.1) is 16.3 Å². The van der Waals surface area contributed by atoms with E-state index in [0.717, 1.165) is 33.0 Å². The molecule has 1 amide bonds. The third kappa shape index (κ3) is 3.60. The van der Waals surface area contributed by atoms with Crippen molar-refractivity contribution in [2.24, 2.45) is 4.99 Å². The van der Waals surface area contributed by atoms with Crippen LogP contribution in [-0.4, -0.2) is 22.8 Å². The van der Waals surface area contributed by atoms with Gasteiger partial charge in [0.2, 0.25) is 6.17 Å². The minimum Gasteiger partial charge on any atom is -0.332 e. The van der Waals surface area contributed by atoms with Crippen LogP contribution in [0, 0.1) is 0 Å². The first-order chi connectivity index (χ1) is 14.8. The molecule has 0 saturated carbocycles. The fourth-order valence-electron chi connectivity index (χ4n) is 3.37. The lowest BCUT2D eigenvalue weighted by Gasteiger charge is -2.12. The summed E-state index contributed by atoms with van der Waals surface area (Å²) in [5.41, 5.74) is 4.46. The zero-order valence-electron chi connectivity index (χ0n) is 15.9. The lowest BCUT2D eigenvalue weighted by Crippen LogP contribution is -2.32. The number of fused-ring (bicyclic) bond motifs is 1. The van der Waals surface area contributed by atoms with Crippen molar-refractivity contribution in [1.29, 1.82) is 0 Å². The van der Waals surface area contributed by atoms with Gasteiger partial charge in [-0.25, -0.2) is 9.98 Å². The summed E-state index contributed by atoms with van der Waals surface area (Å²) in [7, 11) is 0. The van der Waals surface area contributed by atoms with E-state index in [-0.39, 0.29) is 5.91 Å². The molecule has 30 heavy (non-hydrogen) atoms. The van der Waals surface area contributed by atoms with E-state index in [1.165, 1.54) is 11.3 Å². The van der Waals surface area contributed by atoms with Crippen LogP contribution in [0.1, 0.15) is 11.1 Å². The van der Waals surface area contributed by atoms with Crippen LogP contribution >= 0.6 is 11.3 Å². The standard InChI is InChI=1S/C24H18N4OS/c29-23-22(28-24-25-15-20(30-24)16-9-3-1-4-10-16)27-21(17-11-5-2-6-12-17)18-13-7-8-14-19(18)26-23/h1-15,22H,(H,25,28)(H,26,29). The summed E-state index contributed by atoms with van der Waals surface area (Å²) in [6, 6.07) is 27.7. The first-order valence-electron chi connectivity index (χ1n) is 9.59. The summed E-state index contributed by atoms with van der Waals surface area (Å²) < 4.78 is 0. The van der Waals surface area contributed by atoms with Crippen molar-refractivity contribution in [3.8, 4) is 10.4 Å². The summed E-state index contributed by atoms with van der Waals surface area (Å²) in [6.07, 6.45) is 1.02. The smallest absolute Gasteiger partial charge is 0.269 e. The average molecular weight is 411 g/mol. The van der Waals surface area contributed by atoms with Crippen molar-refractivity contribution in [3.05, 3.63) is 102 Å². The van der Waals surface area contributed by atoms with Crippen LogP contribution in [0.2, 0.25) is 0 Å². The number of anilines is 2. The number of aromatic nitrogens is 1. The van der Waals surface area contributed by atoms with E-state index < -0.39 is 6.17 Å². The molecule has 146 valence electrons. The number of nitrogens with zero attached hydrogens (tertiary/aromatic N) is 2. The average Bonchev–Trinajstić information content (AvgIpc) is 3.21. The summed E-state index contributed by atoms with van der Waals surface area (Å²) in [5, 5.41) is 6.84. The van der Waals surface area contributed by atoms with Crippen LogP contribution < -0.4 is 10.6 Å². The molecule has 1 aliphatic rings. The molecule has 1 atom stereocenters. The van der Waals surface area contributed by atoms with Crippen molar-refractivity contribution in [2.75, 3.05) is 10.6 Å². The predicted octanol–water partition coefficient (Wildman–Crippen LogP) is 5.04. The normalized spacial score (nSPS) is 15.5. The number of thiazole rings is 1. The highest BCUT2D eigenvalue weighted by Gasteiger charge is 2.26. The molecule has 5 nitrogen and oxygen atoms in total. The summed E-state index contributed by atoms with van der Waals surface area (Å²) >= 11 is 1.50. The molecule has 4 aromatic rings. The van der Waals surface area contributed by atoms with Crippen LogP contribution in [-0.2, 0) is 4.79 Å².